The molecule has 6 nitrogen and oxygen atoms in total. The van der Waals surface area contributed by atoms with Gasteiger partial charge in [0.2, 0.25) is 10.0 Å². The first-order valence-corrected chi connectivity index (χ1v) is 9.67. The molecule has 0 spiro atoms. The highest BCUT2D eigenvalue weighted by atomic mass is 32.2. The van der Waals surface area contributed by atoms with Crippen molar-refractivity contribution in [3.63, 3.8) is 0 Å². The van der Waals surface area contributed by atoms with Gasteiger partial charge in [0.05, 0.1) is 6.61 Å². The largest absolute Gasteiger partial charge is 0.461 e. The quantitative estimate of drug-likeness (QED) is 0.740. The lowest BCUT2D eigenvalue weighted by molar-refractivity contribution is 0.0519. The van der Waals surface area contributed by atoms with Gasteiger partial charge in [-0.05, 0) is 32.3 Å². The molecule has 0 amide bonds. The van der Waals surface area contributed by atoms with Gasteiger partial charge in [0, 0.05) is 17.8 Å². The lowest BCUT2D eigenvalue weighted by atomic mass is 10.0. The van der Waals surface area contributed by atoms with E-state index in [1.165, 1.54) is 0 Å². The highest BCUT2D eigenvalue weighted by Crippen LogP contribution is 2.24. The summed E-state index contributed by atoms with van der Waals surface area (Å²) in [4.78, 5) is 14.9. The number of nitrogens with one attached hydrogen (secondary N) is 2. The molecule has 1 aromatic heterocycles. The number of rotatable bonds is 7. The Hall–Kier alpha value is -2.12. The molecule has 0 aliphatic rings. The molecule has 0 fully saturated rings. The van der Waals surface area contributed by atoms with Crippen molar-refractivity contribution in [2.75, 3.05) is 13.2 Å². The second kappa shape index (κ2) is 7.84. The Balaban J connectivity index is 2.21. The van der Waals surface area contributed by atoms with Crippen LogP contribution in [0.2, 0.25) is 0 Å². The number of hydrogen-bond donors (Lipinski definition) is 2. The first kappa shape index (κ1) is 19.2. The number of hydrogen-bond acceptors (Lipinski definition) is 4. The normalized spacial score (nSPS) is 12.8. The van der Waals surface area contributed by atoms with Crippen LogP contribution in [-0.4, -0.2) is 32.5 Å². The van der Waals surface area contributed by atoms with Crippen LogP contribution in [0.3, 0.4) is 0 Å². The Kier molecular flexibility index (Phi) is 6.02. The van der Waals surface area contributed by atoms with Crippen LogP contribution < -0.4 is 4.72 Å². The van der Waals surface area contributed by atoms with Gasteiger partial charge in [-0.25, -0.2) is 17.9 Å². The maximum absolute atomic E-state index is 12.7. The van der Waals surface area contributed by atoms with E-state index in [9.17, 15) is 13.2 Å². The van der Waals surface area contributed by atoms with E-state index in [2.05, 4.69) is 9.71 Å². The van der Waals surface area contributed by atoms with E-state index < -0.39 is 16.0 Å². The summed E-state index contributed by atoms with van der Waals surface area (Å²) in [6.45, 7) is 7.39. The second-order valence-electron chi connectivity index (χ2n) is 5.96. The van der Waals surface area contributed by atoms with E-state index in [0.717, 1.165) is 5.56 Å². The molecule has 1 heterocycles. The maximum Gasteiger partial charge on any atom is 0.355 e. The van der Waals surface area contributed by atoms with Gasteiger partial charge in [0.25, 0.3) is 0 Å². The van der Waals surface area contributed by atoms with Crippen LogP contribution in [0.15, 0.2) is 35.2 Å². The summed E-state index contributed by atoms with van der Waals surface area (Å²) >= 11 is 0. The fourth-order valence-electron chi connectivity index (χ4n) is 2.75. The molecule has 0 saturated heterocycles. The number of esters is 1. The number of sulfonamides is 1. The minimum absolute atomic E-state index is 0.0278. The molecule has 136 valence electrons. The van der Waals surface area contributed by atoms with Gasteiger partial charge in [0.1, 0.15) is 10.6 Å². The number of aromatic amines is 1. The topological polar surface area (TPSA) is 88.3 Å². The van der Waals surface area contributed by atoms with E-state index >= 15 is 0 Å². The molecule has 2 N–H and O–H groups in total. The van der Waals surface area contributed by atoms with Gasteiger partial charge in [0.15, 0.2) is 0 Å². The van der Waals surface area contributed by atoms with Gasteiger partial charge in [-0.15, -0.1) is 0 Å². The molecule has 1 atom stereocenters. The van der Waals surface area contributed by atoms with Gasteiger partial charge in [-0.1, -0.05) is 37.3 Å². The predicted octanol–water partition coefficient (Wildman–Crippen LogP) is 2.89. The van der Waals surface area contributed by atoms with E-state index in [4.69, 9.17) is 4.74 Å². The number of benzene rings is 1. The van der Waals surface area contributed by atoms with Crippen LogP contribution in [0.25, 0.3) is 0 Å². The van der Waals surface area contributed by atoms with Crippen molar-refractivity contribution in [1.29, 1.82) is 0 Å². The molecule has 0 radical (unpaired) electrons. The van der Waals surface area contributed by atoms with E-state index in [-0.39, 0.29) is 29.7 Å². The zero-order valence-corrected chi connectivity index (χ0v) is 15.7. The van der Waals surface area contributed by atoms with Crippen LogP contribution in [0, 0.1) is 13.8 Å². The monoisotopic (exact) mass is 364 g/mol. The van der Waals surface area contributed by atoms with Crippen molar-refractivity contribution in [1.82, 2.24) is 9.71 Å². The molecule has 1 aromatic carbocycles. The van der Waals surface area contributed by atoms with Crippen molar-refractivity contribution in [2.24, 2.45) is 0 Å². The summed E-state index contributed by atoms with van der Waals surface area (Å²) in [5.74, 6) is -0.526. The second-order valence-corrected chi connectivity index (χ2v) is 7.67. The lowest BCUT2D eigenvalue weighted by Crippen LogP contribution is -2.28. The molecular formula is C18H24N2O4S. The summed E-state index contributed by atoms with van der Waals surface area (Å²) in [6, 6.07) is 9.69. The van der Waals surface area contributed by atoms with Crippen molar-refractivity contribution in [2.45, 2.75) is 38.5 Å². The third-order valence-electron chi connectivity index (χ3n) is 4.07. The summed E-state index contributed by atoms with van der Waals surface area (Å²) < 4.78 is 33.0. The molecular weight excluding hydrogens is 340 g/mol. The molecule has 7 heteroatoms. The first-order valence-electron chi connectivity index (χ1n) is 8.18. The van der Waals surface area contributed by atoms with Gasteiger partial charge >= 0.3 is 5.97 Å². The Labute approximate surface area is 148 Å². The first-order chi connectivity index (χ1) is 11.8. The highest BCUT2D eigenvalue weighted by Gasteiger charge is 2.27. The molecule has 0 aliphatic carbocycles. The van der Waals surface area contributed by atoms with Gasteiger partial charge in [-0.2, -0.15) is 0 Å². The average molecular weight is 364 g/mol. The highest BCUT2D eigenvalue weighted by molar-refractivity contribution is 7.89. The molecule has 2 rings (SSSR count). The van der Waals surface area contributed by atoms with Crippen molar-refractivity contribution >= 4 is 16.0 Å². The third kappa shape index (κ3) is 4.29. The molecule has 25 heavy (non-hydrogen) atoms. The van der Waals surface area contributed by atoms with Crippen molar-refractivity contribution in [3.8, 4) is 0 Å². The van der Waals surface area contributed by atoms with Crippen LogP contribution in [-0.2, 0) is 14.8 Å². The Morgan fingerprint density at radius 1 is 1.24 bits per heavy atom. The zero-order chi connectivity index (χ0) is 18.6. The Morgan fingerprint density at radius 3 is 2.48 bits per heavy atom. The standard InChI is InChI=1S/C18H24N2O4S/c1-5-24-18(21)16-13(3)17(14(4)20-16)25(22,23)19-11-12(2)15-9-7-6-8-10-15/h6-10,12,19-20H,5,11H2,1-4H3. The summed E-state index contributed by atoms with van der Waals surface area (Å²) in [5, 5.41) is 0. The molecule has 0 aliphatic heterocycles. The summed E-state index contributed by atoms with van der Waals surface area (Å²) in [5.41, 5.74) is 2.02. The Bertz CT molecular complexity index is 841. The van der Waals surface area contributed by atoms with Crippen LogP contribution in [0.4, 0.5) is 0 Å². The number of aromatic nitrogens is 1. The van der Waals surface area contributed by atoms with Crippen LogP contribution in [0.5, 0.6) is 0 Å². The van der Waals surface area contributed by atoms with Crippen molar-refractivity contribution < 1.29 is 17.9 Å². The van der Waals surface area contributed by atoms with E-state index in [1.807, 2.05) is 37.3 Å². The Morgan fingerprint density at radius 2 is 1.88 bits per heavy atom. The molecule has 1 unspecified atom stereocenters. The molecule has 0 bridgehead atoms. The van der Waals surface area contributed by atoms with Crippen molar-refractivity contribution in [3.05, 3.63) is 52.8 Å². The summed E-state index contributed by atoms with van der Waals surface area (Å²) in [7, 11) is -3.74. The SMILES string of the molecule is CCOC(=O)c1[nH]c(C)c(S(=O)(=O)NCC(C)c2ccccc2)c1C. The molecule has 2 aromatic rings. The minimum Gasteiger partial charge on any atom is -0.461 e. The van der Waals surface area contributed by atoms with Crippen LogP contribution in [0.1, 0.15) is 47.1 Å². The van der Waals surface area contributed by atoms with Crippen LogP contribution >= 0.6 is 0 Å². The number of carbonyl (C=O) groups is 1. The lowest BCUT2D eigenvalue weighted by Gasteiger charge is -2.14. The number of aryl methyl sites for hydroxylation is 1. The zero-order valence-electron chi connectivity index (χ0n) is 14.9. The smallest absolute Gasteiger partial charge is 0.355 e. The minimum atomic E-state index is -3.74. The predicted molar refractivity (Wildman–Crippen MR) is 96.3 cm³/mol. The fraction of sp³-hybridized carbons (Fsp3) is 0.389. The maximum atomic E-state index is 12.7. The van der Waals surface area contributed by atoms with E-state index in [0.29, 0.717) is 11.3 Å². The van der Waals surface area contributed by atoms with E-state index in [1.54, 1.807) is 20.8 Å². The number of carbonyl (C=O) groups excluding carboxylic acids is 1. The van der Waals surface area contributed by atoms with Gasteiger partial charge < -0.3 is 9.72 Å². The molecule has 0 saturated carbocycles. The number of H-pyrrole nitrogens is 1. The third-order valence-corrected chi connectivity index (χ3v) is 5.76. The fourth-order valence-corrected chi connectivity index (χ4v) is 4.32. The van der Waals surface area contributed by atoms with Gasteiger partial charge in [-0.3, -0.25) is 0 Å². The number of ether oxygens (including phenoxy) is 1. The average Bonchev–Trinajstić information content (AvgIpc) is 2.89. The summed E-state index contributed by atoms with van der Waals surface area (Å²) in [6.07, 6.45) is 0.